The number of esters is 1. The van der Waals surface area contributed by atoms with Gasteiger partial charge in [-0.05, 0) is 30.5 Å². The van der Waals surface area contributed by atoms with Crippen LogP contribution in [0.1, 0.15) is 147 Å². The van der Waals surface area contributed by atoms with Crippen molar-refractivity contribution in [1.29, 1.82) is 0 Å². The van der Waals surface area contributed by atoms with Crippen LogP contribution in [0.3, 0.4) is 0 Å². The molecule has 256 valence electrons. The number of carbonyl (C=O) groups excluding carboxylic acids is 1. The molecular formula is C36H54N2O8. The molecule has 0 saturated heterocycles. The third-order valence-electron chi connectivity index (χ3n) is 7.91. The lowest BCUT2D eigenvalue weighted by Gasteiger charge is -2.12. The summed E-state index contributed by atoms with van der Waals surface area (Å²) in [5.41, 5.74) is 0.625. The van der Waals surface area contributed by atoms with Crippen molar-refractivity contribution in [3.8, 4) is 5.75 Å². The van der Waals surface area contributed by atoms with E-state index in [1.807, 2.05) is 0 Å². The standard InChI is InChI=1S/2C18H27NO4/c1-2-3-4-5-6-7-8-9-10-17(18(20)21)15-11-13-16(14-12-15)19(22)23;1-2-3-4-5-6-7-8-9-10-11-18(20)23-17-14-12-16(13-15-17)19(21)22/h11-14,17H,2-10H2,1H3,(H,20,21);12-15H,2-11H2,1H3. The van der Waals surface area contributed by atoms with E-state index in [2.05, 4.69) is 13.8 Å². The topological polar surface area (TPSA) is 150 Å². The van der Waals surface area contributed by atoms with E-state index in [-0.39, 0.29) is 17.3 Å². The summed E-state index contributed by atoms with van der Waals surface area (Å²) in [7, 11) is 0. The minimum Gasteiger partial charge on any atom is -0.481 e. The number of carbonyl (C=O) groups is 2. The van der Waals surface area contributed by atoms with E-state index in [0.29, 0.717) is 24.2 Å². The van der Waals surface area contributed by atoms with Crippen LogP contribution in [0.4, 0.5) is 11.4 Å². The Morgan fingerprint density at radius 2 is 1.02 bits per heavy atom. The normalized spacial score (nSPS) is 11.3. The maximum atomic E-state index is 11.7. The quantitative estimate of drug-likeness (QED) is 0.0390. The highest BCUT2D eigenvalue weighted by molar-refractivity contribution is 5.76. The van der Waals surface area contributed by atoms with Gasteiger partial charge in [0.15, 0.2) is 0 Å². The minimum atomic E-state index is -0.859. The molecule has 0 radical (unpaired) electrons. The van der Waals surface area contributed by atoms with Crippen LogP contribution in [0.25, 0.3) is 0 Å². The van der Waals surface area contributed by atoms with Crippen LogP contribution in [0.5, 0.6) is 5.75 Å². The van der Waals surface area contributed by atoms with Gasteiger partial charge in [0.05, 0.1) is 15.8 Å². The summed E-state index contributed by atoms with van der Waals surface area (Å²) in [4.78, 5) is 43.3. The SMILES string of the molecule is CCCCCCCCCCC(C(=O)O)c1ccc([N+](=O)[O-])cc1.CCCCCCCCCCCC(=O)Oc1ccc([N+](=O)[O-])cc1. The number of nitro groups is 2. The van der Waals surface area contributed by atoms with Gasteiger partial charge in [0, 0.05) is 30.7 Å². The molecule has 0 amide bonds. The van der Waals surface area contributed by atoms with Gasteiger partial charge in [-0.15, -0.1) is 0 Å². The fourth-order valence-electron chi connectivity index (χ4n) is 5.14. The number of aliphatic carboxylic acids is 1. The Bertz CT molecular complexity index is 1130. The predicted molar refractivity (Wildman–Crippen MR) is 181 cm³/mol. The van der Waals surface area contributed by atoms with E-state index in [0.717, 1.165) is 38.5 Å². The Kier molecular flexibility index (Phi) is 22.2. The molecule has 0 spiro atoms. The zero-order valence-corrected chi connectivity index (χ0v) is 27.8. The molecule has 0 aromatic heterocycles. The molecule has 46 heavy (non-hydrogen) atoms. The fraction of sp³-hybridized carbons (Fsp3) is 0.611. The van der Waals surface area contributed by atoms with Gasteiger partial charge in [0.25, 0.3) is 11.4 Å². The lowest BCUT2D eigenvalue weighted by Crippen LogP contribution is -2.11. The maximum Gasteiger partial charge on any atom is 0.311 e. The second-order valence-electron chi connectivity index (χ2n) is 11.8. The molecule has 1 atom stereocenters. The van der Waals surface area contributed by atoms with E-state index in [9.17, 15) is 34.9 Å². The van der Waals surface area contributed by atoms with Crippen molar-refractivity contribution in [2.45, 2.75) is 142 Å². The minimum absolute atomic E-state index is 0.00929. The van der Waals surface area contributed by atoms with Crippen LogP contribution in [0.15, 0.2) is 48.5 Å². The summed E-state index contributed by atoms with van der Waals surface area (Å²) in [5.74, 6) is -1.35. The number of carboxylic acids is 1. The summed E-state index contributed by atoms with van der Waals surface area (Å²) < 4.78 is 5.16. The lowest BCUT2D eigenvalue weighted by atomic mass is 9.93. The van der Waals surface area contributed by atoms with Gasteiger partial charge in [-0.1, -0.05) is 129 Å². The first-order valence-corrected chi connectivity index (χ1v) is 17.1. The Hall–Kier alpha value is -3.82. The number of carboxylic acid groups (broad SMARTS) is 1. The molecule has 0 aliphatic heterocycles. The molecule has 0 bridgehead atoms. The summed E-state index contributed by atoms with van der Waals surface area (Å²) in [6.45, 7) is 4.42. The first-order chi connectivity index (χ1) is 22.2. The van der Waals surface area contributed by atoms with Gasteiger partial charge >= 0.3 is 11.9 Å². The van der Waals surface area contributed by atoms with Crippen molar-refractivity contribution in [2.75, 3.05) is 0 Å². The van der Waals surface area contributed by atoms with Crippen LogP contribution in [0, 0.1) is 20.2 Å². The predicted octanol–water partition coefficient (Wildman–Crippen LogP) is 10.7. The average Bonchev–Trinajstić information content (AvgIpc) is 3.03. The third kappa shape index (κ3) is 18.9. The third-order valence-corrected chi connectivity index (χ3v) is 7.91. The van der Waals surface area contributed by atoms with E-state index in [1.54, 1.807) is 12.1 Å². The van der Waals surface area contributed by atoms with Gasteiger partial charge in [0.2, 0.25) is 0 Å². The number of hydrogen-bond acceptors (Lipinski definition) is 7. The highest BCUT2D eigenvalue weighted by Gasteiger charge is 2.20. The number of nitro benzene ring substituents is 2. The van der Waals surface area contributed by atoms with Crippen LogP contribution >= 0.6 is 0 Å². The molecule has 2 aromatic rings. The number of ether oxygens (including phenoxy) is 1. The van der Waals surface area contributed by atoms with Gasteiger partial charge in [-0.3, -0.25) is 29.8 Å². The Labute approximate surface area is 274 Å². The Morgan fingerprint density at radius 1 is 0.630 bits per heavy atom. The second kappa shape index (κ2) is 25.4. The molecule has 1 unspecified atom stereocenters. The highest BCUT2D eigenvalue weighted by Crippen LogP contribution is 2.25. The molecule has 0 aliphatic carbocycles. The van der Waals surface area contributed by atoms with Crippen molar-refractivity contribution < 1.29 is 29.3 Å². The van der Waals surface area contributed by atoms with Crippen LogP contribution < -0.4 is 4.74 Å². The first-order valence-electron chi connectivity index (χ1n) is 17.1. The molecule has 10 heteroatoms. The summed E-state index contributed by atoms with van der Waals surface area (Å²) in [5, 5.41) is 30.5. The molecule has 10 nitrogen and oxygen atoms in total. The van der Waals surface area contributed by atoms with Gasteiger partial charge in [-0.2, -0.15) is 0 Å². The number of hydrogen-bond donors (Lipinski definition) is 1. The van der Waals surface area contributed by atoms with Crippen molar-refractivity contribution in [1.82, 2.24) is 0 Å². The van der Waals surface area contributed by atoms with Crippen molar-refractivity contribution in [3.63, 3.8) is 0 Å². The Morgan fingerprint density at radius 3 is 1.43 bits per heavy atom. The van der Waals surface area contributed by atoms with E-state index in [4.69, 9.17) is 4.74 Å². The van der Waals surface area contributed by atoms with E-state index >= 15 is 0 Å². The molecule has 0 aliphatic rings. The van der Waals surface area contributed by atoms with E-state index in [1.165, 1.54) is 107 Å². The van der Waals surface area contributed by atoms with Gasteiger partial charge in [0.1, 0.15) is 5.75 Å². The second-order valence-corrected chi connectivity index (χ2v) is 11.8. The van der Waals surface area contributed by atoms with Crippen LogP contribution in [-0.4, -0.2) is 26.9 Å². The number of benzene rings is 2. The van der Waals surface area contributed by atoms with Gasteiger partial charge in [-0.25, -0.2) is 0 Å². The molecule has 0 saturated carbocycles. The average molecular weight is 643 g/mol. The highest BCUT2D eigenvalue weighted by atomic mass is 16.6. The van der Waals surface area contributed by atoms with Crippen LogP contribution in [0.2, 0.25) is 0 Å². The van der Waals surface area contributed by atoms with Crippen LogP contribution in [-0.2, 0) is 9.59 Å². The molecule has 0 heterocycles. The largest absolute Gasteiger partial charge is 0.481 e. The van der Waals surface area contributed by atoms with Crippen molar-refractivity contribution in [3.05, 3.63) is 74.3 Å². The number of non-ortho nitro benzene ring substituents is 2. The number of rotatable bonds is 24. The monoisotopic (exact) mass is 642 g/mol. The van der Waals surface area contributed by atoms with E-state index < -0.39 is 21.7 Å². The first kappa shape index (κ1) is 40.2. The zero-order valence-electron chi connectivity index (χ0n) is 27.8. The smallest absolute Gasteiger partial charge is 0.311 e. The fourth-order valence-corrected chi connectivity index (χ4v) is 5.14. The Balaban J connectivity index is 0.000000460. The lowest BCUT2D eigenvalue weighted by molar-refractivity contribution is -0.385. The zero-order chi connectivity index (χ0) is 34.0. The summed E-state index contributed by atoms with van der Waals surface area (Å²) in [6, 6.07) is 11.4. The van der Waals surface area contributed by atoms with Crippen molar-refractivity contribution >= 4 is 23.3 Å². The van der Waals surface area contributed by atoms with Gasteiger partial charge < -0.3 is 9.84 Å². The molecule has 1 N–H and O–H groups in total. The maximum absolute atomic E-state index is 11.7. The summed E-state index contributed by atoms with van der Waals surface area (Å²) in [6.07, 6.45) is 21.2. The summed E-state index contributed by atoms with van der Waals surface area (Å²) >= 11 is 0. The molecule has 2 aromatic carbocycles. The van der Waals surface area contributed by atoms with Crippen molar-refractivity contribution in [2.24, 2.45) is 0 Å². The molecule has 0 fully saturated rings. The number of nitrogens with zero attached hydrogens (tertiary/aromatic N) is 2. The molecular weight excluding hydrogens is 588 g/mol. The number of unbranched alkanes of at least 4 members (excludes halogenated alkanes) is 15. The molecule has 2 rings (SSSR count).